The Kier molecular flexibility index (Phi) is 8.92. The fraction of sp³-hybridized carbons (Fsp3) is 0.609. The van der Waals surface area contributed by atoms with Crippen LogP contribution >= 0.6 is 0 Å². The van der Waals surface area contributed by atoms with Crippen LogP contribution < -0.4 is 0 Å². The monoisotopic (exact) mass is 403 g/mol. The van der Waals surface area contributed by atoms with E-state index < -0.39 is 8.32 Å². The molecule has 0 heterocycles. The second kappa shape index (κ2) is 10.9. The molecule has 1 aliphatic carbocycles. The lowest BCUT2D eigenvalue weighted by Gasteiger charge is -2.40. The number of ether oxygens (including phenoxy) is 1. The van der Waals surface area contributed by atoms with Crippen molar-refractivity contribution in [2.45, 2.75) is 83.8 Å². The van der Waals surface area contributed by atoms with Crippen LogP contribution in [-0.2, 0) is 20.6 Å². The van der Waals surface area contributed by atoms with Crippen LogP contribution in [0.1, 0.15) is 51.0 Å². The predicted octanol–water partition coefficient (Wildman–Crippen LogP) is 5.71. The lowest BCUT2D eigenvalue weighted by atomic mass is 9.83. The summed E-state index contributed by atoms with van der Waals surface area (Å²) in [5.74, 6) is 0.367. The smallest absolute Gasteiger partial charge is 0.303 e. The molecule has 5 heteroatoms. The summed E-state index contributed by atoms with van der Waals surface area (Å²) in [5, 5.41) is 2.09. The number of carbonyl (C=O) groups excluding carboxylic acids is 1. The number of esters is 1. The van der Waals surface area contributed by atoms with E-state index in [0.29, 0.717) is 12.5 Å². The predicted molar refractivity (Wildman–Crippen MR) is 117 cm³/mol. The summed E-state index contributed by atoms with van der Waals surface area (Å²) in [6, 6.07) is 10.3. The molecule has 1 aromatic rings. The Balaban J connectivity index is 2.30. The maximum Gasteiger partial charge on any atom is 0.303 e. The summed E-state index contributed by atoms with van der Waals surface area (Å²) in [4.78, 5) is 11.8. The van der Waals surface area contributed by atoms with Gasteiger partial charge in [0.1, 0.15) is 6.10 Å². The molecule has 0 aromatic heterocycles. The molecule has 156 valence electrons. The van der Waals surface area contributed by atoms with Gasteiger partial charge in [-0.2, -0.15) is 5.06 Å². The Bertz CT molecular complexity index is 608. The molecule has 0 N–H and O–H groups in total. The zero-order valence-corrected chi connectivity index (χ0v) is 19.0. The van der Waals surface area contributed by atoms with Gasteiger partial charge in [0.05, 0.1) is 6.04 Å². The van der Waals surface area contributed by atoms with Gasteiger partial charge in [0.15, 0.2) is 0 Å². The number of hydrogen-bond acceptors (Lipinski definition) is 4. The van der Waals surface area contributed by atoms with E-state index in [2.05, 4.69) is 55.5 Å². The second-order valence-electron chi connectivity index (χ2n) is 8.88. The van der Waals surface area contributed by atoms with Crippen LogP contribution in [0.4, 0.5) is 0 Å². The van der Waals surface area contributed by atoms with Gasteiger partial charge in [-0.15, -0.1) is 0 Å². The number of rotatable bonds is 10. The molecule has 1 saturated carbocycles. The molecule has 0 spiro atoms. The molecular weight excluding hydrogens is 366 g/mol. The van der Waals surface area contributed by atoms with Crippen molar-refractivity contribution >= 4 is 14.3 Å². The zero-order valence-electron chi connectivity index (χ0n) is 18.0. The normalized spacial score (nSPS) is 17.9. The SMILES string of the molecule is C=C[C@@H](OC(C)=O)[C@@H](CC1CCCCC1)N(Cc1ccccc1)O[Si](C)(C)C. The quantitative estimate of drug-likeness (QED) is 0.217. The third-order valence-corrected chi connectivity index (χ3v) is 5.94. The van der Waals surface area contributed by atoms with Crippen LogP contribution in [0, 0.1) is 5.92 Å². The van der Waals surface area contributed by atoms with Gasteiger partial charge in [-0.25, -0.2) is 0 Å². The van der Waals surface area contributed by atoms with Crippen molar-refractivity contribution in [3.63, 3.8) is 0 Å². The van der Waals surface area contributed by atoms with E-state index in [1.807, 2.05) is 6.07 Å². The number of carbonyl (C=O) groups is 1. The van der Waals surface area contributed by atoms with Gasteiger partial charge in [-0.3, -0.25) is 4.79 Å². The van der Waals surface area contributed by atoms with Gasteiger partial charge in [-0.05, 0) is 43.6 Å². The highest BCUT2D eigenvalue weighted by molar-refractivity contribution is 6.69. The van der Waals surface area contributed by atoms with E-state index in [-0.39, 0.29) is 18.1 Å². The number of nitrogens with zero attached hydrogens (tertiary/aromatic N) is 1. The second-order valence-corrected chi connectivity index (χ2v) is 13.3. The fourth-order valence-corrected chi connectivity index (χ4v) is 4.89. The summed E-state index contributed by atoms with van der Waals surface area (Å²) >= 11 is 0. The minimum absolute atomic E-state index is 0.0311. The Hall–Kier alpha value is -1.43. The van der Waals surface area contributed by atoms with E-state index in [1.165, 1.54) is 44.6 Å². The summed E-state index contributed by atoms with van der Waals surface area (Å²) in [5.41, 5.74) is 1.19. The van der Waals surface area contributed by atoms with Gasteiger partial charge < -0.3 is 9.26 Å². The van der Waals surface area contributed by atoms with Gasteiger partial charge >= 0.3 is 5.97 Å². The van der Waals surface area contributed by atoms with Crippen molar-refractivity contribution in [3.8, 4) is 0 Å². The van der Waals surface area contributed by atoms with Crippen molar-refractivity contribution in [2.24, 2.45) is 5.92 Å². The Labute approximate surface area is 172 Å². The van der Waals surface area contributed by atoms with E-state index in [4.69, 9.17) is 9.26 Å². The molecule has 0 amide bonds. The first kappa shape index (κ1) is 22.9. The molecule has 28 heavy (non-hydrogen) atoms. The minimum atomic E-state index is -1.85. The first-order valence-corrected chi connectivity index (χ1v) is 14.0. The highest BCUT2D eigenvalue weighted by Gasteiger charge is 2.34. The molecular formula is C23H37NO3Si. The third-order valence-electron chi connectivity index (χ3n) is 5.16. The van der Waals surface area contributed by atoms with E-state index in [9.17, 15) is 4.79 Å². The van der Waals surface area contributed by atoms with E-state index in [0.717, 1.165) is 6.42 Å². The number of benzene rings is 1. The minimum Gasteiger partial charge on any atom is -0.457 e. The van der Waals surface area contributed by atoms with Crippen LogP contribution in [0.25, 0.3) is 0 Å². The fourth-order valence-electron chi connectivity index (χ4n) is 3.99. The lowest BCUT2D eigenvalue weighted by Crippen LogP contribution is -2.49. The van der Waals surface area contributed by atoms with Crippen LogP contribution in [0.3, 0.4) is 0 Å². The van der Waals surface area contributed by atoms with E-state index in [1.54, 1.807) is 6.08 Å². The number of hydroxylamine groups is 2. The van der Waals surface area contributed by atoms with Crippen LogP contribution in [0.5, 0.6) is 0 Å². The van der Waals surface area contributed by atoms with Gasteiger partial charge in [0, 0.05) is 13.5 Å². The van der Waals surface area contributed by atoms with Gasteiger partial charge in [0.25, 0.3) is 0 Å². The Morgan fingerprint density at radius 1 is 1.21 bits per heavy atom. The van der Waals surface area contributed by atoms with Crippen molar-refractivity contribution in [1.82, 2.24) is 5.06 Å². The Morgan fingerprint density at radius 2 is 1.86 bits per heavy atom. The first-order chi connectivity index (χ1) is 13.3. The average Bonchev–Trinajstić information content (AvgIpc) is 2.64. The maximum atomic E-state index is 11.8. The van der Waals surface area contributed by atoms with Crippen molar-refractivity contribution < 1.29 is 14.1 Å². The molecule has 0 aliphatic heterocycles. The highest BCUT2D eigenvalue weighted by Crippen LogP contribution is 2.32. The van der Waals surface area contributed by atoms with Crippen LogP contribution in [0.2, 0.25) is 19.6 Å². The topological polar surface area (TPSA) is 38.8 Å². The third kappa shape index (κ3) is 7.90. The molecule has 2 atom stereocenters. The summed E-state index contributed by atoms with van der Waals surface area (Å²) in [7, 11) is -1.85. The molecule has 0 radical (unpaired) electrons. The molecule has 1 fully saturated rings. The van der Waals surface area contributed by atoms with Crippen molar-refractivity contribution in [1.29, 1.82) is 0 Å². The standard InChI is InChI=1S/C23H37NO3Si/c1-6-23(26-19(2)25)22(17-20-13-9-7-10-14-20)24(27-28(3,4)5)18-21-15-11-8-12-16-21/h6,8,11-12,15-16,20,22-23H,1,7,9-10,13-14,17-18H2,2-5H3/t22-,23-/m1/s1. The summed E-state index contributed by atoms with van der Waals surface area (Å²) in [6.07, 6.45) is 8.74. The molecule has 1 aliphatic rings. The molecule has 0 unspecified atom stereocenters. The molecule has 0 saturated heterocycles. The summed E-state index contributed by atoms with van der Waals surface area (Å²) < 4.78 is 12.2. The van der Waals surface area contributed by atoms with Crippen LogP contribution in [0.15, 0.2) is 43.0 Å². The number of hydrogen-bond donors (Lipinski definition) is 0. The maximum absolute atomic E-state index is 11.8. The van der Waals surface area contributed by atoms with Gasteiger partial charge in [-0.1, -0.05) is 69.0 Å². The lowest BCUT2D eigenvalue weighted by molar-refractivity contribution is -0.167. The first-order valence-electron chi connectivity index (χ1n) is 10.6. The molecule has 1 aromatic carbocycles. The average molecular weight is 404 g/mol. The zero-order chi connectivity index (χ0) is 20.6. The van der Waals surface area contributed by atoms with E-state index >= 15 is 0 Å². The molecule has 4 nitrogen and oxygen atoms in total. The van der Waals surface area contributed by atoms with Gasteiger partial charge in [0.2, 0.25) is 8.32 Å². The highest BCUT2D eigenvalue weighted by atomic mass is 28.4. The van der Waals surface area contributed by atoms with Crippen molar-refractivity contribution in [3.05, 3.63) is 48.6 Å². The molecule has 2 rings (SSSR count). The largest absolute Gasteiger partial charge is 0.457 e. The Morgan fingerprint density at radius 3 is 2.39 bits per heavy atom. The molecule has 0 bridgehead atoms. The van der Waals surface area contributed by atoms with Crippen LogP contribution in [-0.4, -0.2) is 31.5 Å². The van der Waals surface area contributed by atoms with Crippen molar-refractivity contribution in [2.75, 3.05) is 0 Å². The summed E-state index contributed by atoms with van der Waals surface area (Å²) in [6.45, 7) is 12.7.